The number of aromatic nitrogens is 1. The Labute approximate surface area is 122 Å². The Morgan fingerprint density at radius 2 is 1.33 bits per heavy atom. The van der Waals surface area contributed by atoms with Crippen LogP contribution in [0.25, 0.3) is 0 Å². The number of hydrogen-bond acceptors (Lipinski definition) is 5. The summed E-state index contributed by atoms with van der Waals surface area (Å²) < 4.78 is 0. The number of carboxylic acids is 2. The van der Waals surface area contributed by atoms with Crippen LogP contribution in [0.15, 0.2) is 18.2 Å². The van der Waals surface area contributed by atoms with Crippen LogP contribution in [0.4, 0.5) is 0 Å². The maximum atomic E-state index is 10.2. The van der Waals surface area contributed by atoms with Crippen molar-refractivity contribution in [3.8, 4) is 0 Å². The van der Waals surface area contributed by atoms with Crippen molar-refractivity contribution in [1.82, 2.24) is 4.98 Å². The van der Waals surface area contributed by atoms with Crippen LogP contribution >= 0.6 is 0 Å². The second-order valence-electron chi connectivity index (χ2n) is 1.98. The van der Waals surface area contributed by atoms with Crippen LogP contribution in [0.5, 0.6) is 0 Å². The van der Waals surface area contributed by atoms with Gasteiger partial charge in [-0.05, 0) is 12.1 Å². The molecule has 0 saturated carbocycles. The molecular formula is C7H7NO6Sr. The molecule has 0 radical (unpaired) electrons. The van der Waals surface area contributed by atoms with E-state index in [1.54, 1.807) is 0 Å². The average Bonchev–Trinajstić information content (AvgIpc) is 2.04. The monoisotopic (exact) mass is 289 g/mol. The van der Waals surface area contributed by atoms with Crippen molar-refractivity contribution in [2.75, 3.05) is 0 Å². The van der Waals surface area contributed by atoms with Gasteiger partial charge in [-0.2, -0.15) is 0 Å². The molecule has 0 fully saturated rings. The first kappa shape index (κ1) is 20.0. The summed E-state index contributed by atoms with van der Waals surface area (Å²) in [7, 11) is 0. The van der Waals surface area contributed by atoms with Gasteiger partial charge >= 0.3 is 45.5 Å². The zero-order chi connectivity index (χ0) is 9.14. The molecular weight excluding hydrogens is 282 g/mol. The van der Waals surface area contributed by atoms with Gasteiger partial charge in [0.15, 0.2) is 0 Å². The minimum atomic E-state index is -1.52. The third-order valence-corrected chi connectivity index (χ3v) is 1.17. The van der Waals surface area contributed by atoms with E-state index in [9.17, 15) is 19.8 Å². The molecule has 0 bridgehead atoms. The minimum absolute atomic E-state index is 0. The quantitative estimate of drug-likeness (QED) is 0.504. The van der Waals surface area contributed by atoms with Crippen LogP contribution < -0.4 is 10.2 Å². The Kier molecular flexibility index (Phi) is 11.7. The number of hydrogen-bond donors (Lipinski definition) is 0. The molecule has 78 valence electrons. The summed E-state index contributed by atoms with van der Waals surface area (Å²) >= 11 is 0. The van der Waals surface area contributed by atoms with Gasteiger partial charge in [0.25, 0.3) is 0 Å². The summed E-state index contributed by atoms with van der Waals surface area (Å²) in [6.07, 6.45) is 0. The molecule has 1 aromatic heterocycles. The Morgan fingerprint density at radius 3 is 1.60 bits per heavy atom. The fraction of sp³-hybridized carbons (Fsp3) is 0. The molecule has 1 rings (SSSR count). The third kappa shape index (κ3) is 5.82. The Hall–Kier alpha value is -0.509. The molecule has 15 heavy (non-hydrogen) atoms. The van der Waals surface area contributed by atoms with Gasteiger partial charge in [-0.25, -0.2) is 4.98 Å². The summed E-state index contributed by atoms with van der Waals surface area (Å²) in [5, 5.41) is 20.4. The van der Waals surface area contributed by atoms with E-state index in [1.165, 1.54) is 6.07 Å². The van der Waals surface area contributed by atoms with Crippen molar-refractivity contribution >= 4 is 57.4 Å². The molecule has 7 nitrogen and oxygen atoms in total. The number of nitrogens with zero attached hydrogens (tertiary/aromatic N) is 1. The van der Waals surface area contributed by atoms with E-state index in [1.807, 2.05) is 0 Å². The van der Waals surface area contributed by atoms with E-state index in [0.717, 1.165) is 12.1 Å². The number of carboxylic acid groups (broad SMARTS) is 2. The SMILES string of the molecule is O.O.O=C([O-])c1cccc(C(=O)[O-])n1.[Sr+2]. The summed E-state index contributed by atoms with van der Waals surface area (Å²) in [6, 6.07) is 3.53. The van der Waals surface area contributed by atoms with Crippen LogP contribution in [-0.2, 0) is 0 Å². The van der Waals surface area contributed by atoms with Crippen molar-refractivity contribution in [2.24, 2.45) is 0 Å². The Bertz CT molecular complexity index is 313. The van der Waals surface area contributed by atoms with E-state index in [0.29, 0.717) is 0 Å². The second-order valence-corrected chi connectivity index (χ2v) is 1.98. The van der Waals surface area contributed by atoms with Crippen molar-refractivity contribution in [2.45, 2.75) is 0 Å². The number of carbonyl (C=O) groups excluding carboxylic acids is 2. The summed E-state index contributed by atoms with van der Waals surface area (Å²) in [5.74, 6) is -3.03. The van der Waals surface area contributed by atoms with Gasteiger partial charge in [0.1, 0.15) is 0 Å². The summed E-state index contributed by atoms with van der Waals surface area (Å²) in [4.78, 5) is 23.6. The zero-order valence-corrected chi connectivity index (χ0v) is 11.0. The molecule has 0 saturated heterocycles. The van der Waals surface area contributed by atoms with E-state index < -0.39 is 23.3 Å². The van der Waals surface area contributed by atoms with Crippen LogP contribution in [0.1, 0.15) is 21.0 Å². The van der Waals surface area contributed by atoms with E-state index in [-0.39, 0.29) is 56.4 Å². The number of pyridine rings is 1. The second kappa shape index (κ2) is 8.77. The first-order valence-corrected chi connectivity index (χ1v) is 3.01. The fourth-order valence-corrected chi connectivity index (χ4v) is 0.662. The van der Waals surface area contributed by atoms with Gasteiger partial charge in [-0.15, -0.1) is 0 Å². The van der Waals surface area contributed by atoms with E-state index in [2.05, 4.69) is 4.98 Å². The molecule has 8 heteroatoms. The summed E-state index contributed by atoms with van der Waals surface area (Å²) in [5.41, 5.74) is -0.839. The van der Waals surface area contributed by atoms with Gasteiger partial charge in [-0.3, -0.25) is 0 Å². The van der Waals surface area contributed by atoms with Crippen LogP contribution in [-0.4, -0.2) is 73.4 Å². The molecule has 0 aliphatic carbocycles. The topological polar surface area (TPSA) is 156 Å². The van der Waals surface area contributed by atoms with Gasteiger partial charge in [0.2, 0.25) is 0 Å². The van der Waals surface area contributed by atoms with Crippen molar-refractivity contribution in [3.05, 3.63) is 29.6 Å². The van der Waals surface area contributed by atoms with Gasteiger partial charge in [0.05, 0.1) is 23.3 Å². The predicted octanol–water partition coefficient (Wildman–Crippen LogP) is -4.22. The van der Waals surface area contributed by atoms with Crippen LogP contribution in [0.2, 0.25) is 0 Å². The Balaban J connectivity index is -0.000000480. The molecule has 0 unspecified atom stereocenters. The predicted molar refractivity (Wildman–Crippen MR) is 45.9 cm³/mol. The molecule has 0 spiro atoms. The molecule has 0 atom stereocenters. The average molecular weight is 289 g/mol. The number of aromatic carboxylic acids is 2. The molecule has 4 N–H and O–H groups in total. The number of carbonyl (C=O) groups is 2. The third-order valence-electron chi connectivity index (χ3n) is 1.17. The van der Waals surface area contributed by atoms with Crippen molar-refractivity contribution in [1.29, 1.82) is 0 Å². The van der Waals surface area contributed by atoms with Crippen molar-refractivity contribution in [3.63, 3.8) is 0 Å². The molecule has 0 aromatic carbocycles. The van der Waals surface area contributed by atoms with Crippen molar-refractivity contribution < 1.29 is 30.8 Å². The maximum Gasteiger partial charge on any atom is 2.00 e. The van der Waals surface area contributed by atoms with E-state index >= 15 is 0 Å². The van der Waals surface area contributed by atoms with Gasteiger partial charge < -0.3 is 30.8 Å². The van der Waals surface area contributed by atoms with Crippen LogP contribution in [0.3, 0.4) is 0 Å². The Morgan fingerprint density at radius 1 is 1.00 bits per heavy atom. The fourth-order valence-electron chi connectivity index (χ4n) is 0.662. The standard InChI is InChI=1S/C7H5NO4.2H2O.Sr/c9-6(10)4-2-1-3-5(8-4)7(11)12;;;/h1-3H,(H,9,10)(H,11,12);2*1H2;/q;;;+2/p-2. The zero-order valence-electron chi connectivity index (χ0n) is 7.52. The van der Waals surface area contributed by atoms with E-state index in [4.69, 9.17) is 0 Å². The molecule has 0 aliphatic rings. The smallest absolute Gasteiger partial charge is 0.543 e. The summed E-state index contributed by atoms with van der Waals surface area (Å²) in [6.45, 7) is 0. The minimum Gasteiger partial charge on any atom is -0.543 e. The molecule has 0 amide bonds. The first-order chi connectivity index (χ1) is 5.61. The normalized spacial score (nSPS) is 7.47. The number of rotatable bonds is 2. The van der Waals surface area contributed by atoms with Gasteiger partial charge in [0, 0.05) is 0 Å². The van der Waals surface area contributed by atoms with Crippen LogP contribution in [0, 0.1) is 0 Å². The molecule has 0 aliphatic heterocycles. The maximum absolute atomic E-state index is 10.2. The van der Waals surface area contributed by atoms with Gasteiger partial charge in [-0.1, -0.05) is 6.07 Å². The molecule has 1 aromatic rings. The first-order valence-electron chi connectivity index (χ1n) is 3.01. The molecule has 1 heterocycles. The largest absolute Gasteiger partial charge is 2.00 e.